The SMILES string of the molecule is O=C(C(F)Cl)N(Cc1ccccc1)CC1CCCO1. The molecule has 0 radical (unpaired) electrons. The minimum Gasteiger partial charge on any atom is -0.376 e. The fourth-order valence-corrected chi connectivity index (χ4v) is 2.35. The van der Waals surface area contributed by atoms with Crippen LogP contribution in [0.1, 0.15) is 18.4 Å². The van der Waals surface area contributed by atoms with Crippen LogP contribution in [0.3, 0.4) is 0 Å². The van der Waals surface area contributed by atoms with Gasteiger partial charge in [0.1, 0.15) is 0 Å². The Morgan fingerprint density at radius 1 is 1.47 bits per heavy atom. The Bertz CT molecular complexity index is 407. The molecule has 1 aliphatic rings. The molecule has 1 aromatic rings. The van der Waals surface area contributed by atoms with Crippen molar-refractivity contribution in [3.63, 3.8) is 0 Å². The monoisotopic (exact) mass is 285 g/mol. The fraction of sp³-hybridized carbons (Fsp3) is 0.500. The zero-order valence-electron chi connectivity index (χ0n) is 10.6. The molecule has 5 heteroatoms. The lowest BCUT2D eigenvalue weighted by molar-refractivity contribution is -0.135. The predicted molar refractivity (Wildman–Crippen MR) is 71.6 cm³/mol. The number of alkyl halides is 2. The second-order valence-corrected chi connectivity index (χ2v) is 5.02. The molecule has 0 saturated carbocycles. The number of hydrogen-bond acceptors (Lipinski definition) is 2. The van der Waals surface area contributed by atoms with Gasteiger partial charge in [0.25, 0.3) is 11.5 Å². The summed E-state index contributed by atoms with van der Waals surface area (Å²) in [4.78, 5) is 13.2. The molecule has 0 aromatic heterocycles. The van der Waals surface area contributed by atoms with Crippen molar-refractivity contribution in [2.45, 2.75) is 31.1 Å². The summed E-state index contributed by atoms with van der Waals surface area (Å²) in [6.45, 7) is 1.45. The molecule has 0 spiro atoms. The van der Waals surface area contributed by atoms with Gasteiger partial charge in [-0.1, -0.05) is 41.9 Å². The molecule has 19 heavy (non-hydrogen) atoms. The van der Waals surface area contributed by atoms with Crippen LogP contribution in [0.25, 0.3) is 0 Å². The van der Waals surface area contributed by atoms with E-state index in [1.54, 1.807) is 0 Å². The highest BCUT2D eigenvalue weighted by Gasteiger charge is 2.26. The van der Waals surface area contributed by atoms with Gasteiger partial charge in [0.05, 0.1) is 6.10 Å². The maximum atomic E-state index is 13.1. The van der Waals surface area contributed by atoms with E-state index in [9.17, 15) is 9.18 Å². The zero-order chi connectivity index (χ0) is 13.7. The summed E-state index contributed by atoms with van der Waals surface area (Å²) in [5.41, 5.74) is -1.05. The van der Waals surface area contributed by atoms with Crippen LogP contribution in [-0.2, 0) is 16.1 Å². The molecule has 1 heterocycles. The summed E-state index contributed by atoms with van der Waals surface area (Å²) < 4.78 is 18.5. The predicted octanol–water partition coefficient (Wildman–Crippen LogP) is 2.73. The number of ether oxygens (including phenoxy) is 1. The number of rotatable bonds is 5. The smallest absolute Gasteiger partial charge is 0.273 e. The van der Waals surface area contributed by atoms with E-state index >= 15 is 0 Å². The zero-order valence-corrected chi connectivity index (χ0v) is 11.4. The number of halogens is 2. The van der Waals surface area contributed by atoms with Crippen molar-refractivity contribution < 1.29 is 13.9 Å². The third kappa shape index (κ3) is 4.18. The van der Waals surface area contributed by atoms with Gasteiger partial charge >= 0.3 is 0 Å². The van der Waals surface area contributed by atoms with Crippen LogP contribution >= 0.6 is 11.6 Å². The summed E-state index contributed by atoms with van der Waals surface area (Å²) in [5, 5.41) is 0. The average molecular weight is 286 g/mol. The van der Waals surface area contributed by atoms with Gasteiger partial charge in [-0.05, 0) is 18.4 Å². The highest BCUT2D eigenvalue weighted by atomic mass is 35.5. The van der Waals surface area contributed by atoms with Gasteiger partial charge in [0, 0.05) is 19.7 Å². The van der Waals surface area contributed by atoms with E-state index in [0.717, 1.165) is 18.4 Å². The lowest BCUT2D eigenvalue weighted by atomic mass is 10.2. The lowest BCUT2D eigenvalue weighted by Gasteiger charge is -2.25. The number of benzene rings is 1. The summed E-state index contributed by atoms with van der Waals surface area (Å²) >= 11 is 5.28. The molecule has 2 unspecified atom stereocenters. The fourth-order valence-electron chi connectivity index (χ4n) is 2.21. The number of carbonyl (C=O) groups is 1. The first-order valence-corrected chi connectivity index (χ1v) is 6.83. The van der Waals surface area contributed by atoms with Gasteiger partial charge in [0.15, 0.2) is 0 Å². The molecule has 2 rings (SSSR count). The highest BCUT2D eigenvalue weighted by Crippen LogP contribution is 2.17. The standard InChI is InChI=1S/C14H17ClFNO2/c15-13(16)14(18)17(10-12-7-4-8-19-12)9-11-5-2-1-3-6-11/h1-3,5-6,12-13H,4,7-10H2. The van der Waals surface area contributed by atoms with Crippen molar-refractivity contribution in [2.75, 3.05) is 13.2 Å². The van der Waals surface area contributed by atoms with Gasteiger partial charge in [-0.2, -0.15) is 0 Å². The molecule has 2 atom stereocenters. The number of amides is 1. The van der Waals surface area contributed by atoms with E-state index < -0.39 is 11.5 Å². The molecule has 1 aliphatic heterocycles. The molecular formula is C14H17ClFNO2. The quantitative estimate of drug-likeness (QED) is 0.779. The van der Waals surface area contributed by atoms with E-state index in [0.29, 0.717) is 19.7 Å². The normalized spacial score (nSPS) is 20.2. The molecular weight excluding hydrogens is 269 g/mol. The van der Waals surface area contributed by atoms with Crippen LogP contribution in [0.15, 0.2) is 30.3 Å². The number of carbonyl (C=O) groups excluding carboxylic acids is 1. The van der Waals surface area contributed by atoms with Crippen LogP contribution in [-0.4, -0.2) is 35.7 Å². The Morgan fingerprint density at radius 2 is 2.21 bits per heavy atom. The van der Waals surface area contributed by atoms with Crippen molar-refractivity contribution in [2.24, 2.45) is 0 Å². The lowest BCUT2D eigenvalue weighted by Crippen LogP contribution is -2.39. The van der Waals surface area contributed by atoms with Crippen LogP contribution < -0.4 is 0 Å². The number of hydrogen-bond donors (Lipinski definition) is 0. The van der Waals surface area contributed by atoms with E-state index in [1.807, 2.05) is 30.3 Å². The maximum Gasteiger partial charge on any atom is 0.273 e. The highest BCUT2D eigenvalue weighted by molar-refractivity contribution is 6.29. The first kappa shape index (κ1) is 14.3. The molecule has 104 valence electrons. The van der Waals surface area contributed by atoms with Crippen molar-refractivity contribution in [1.29, 1.82) is 0 Å². The van der Waals surface area contributed by atoms with Gasteiger partial charge in [-0.3, -0.25) is 4.79 Å². The number of nitrogens with zero attached hydrogens (tertiary/aromatic N) is 1. The average Bonchev–Trinajstić information content (AvgIpc) is 2.91. The molecule has 1 amide bonds. The summed E-state index contributed by atoms with van der Waals surface area (Å²) in [7, 11) is 0. The second kappa shape index (κ2) is 6.87. The van der Waals surface area contributed by atoms with Crippen LogP contribution in [0.4, 0.5) is 4.39 Å². The van der Waals surface area contributed by atoms with Crippen LogP contribution in [0.5, 0.6) is 0 Å². The van der Waals surface area contributed by atoms with Gasteiger partial charge < -0.3 is 9.64 Å². The van der Waals surface area contributed by atoms with E-state index in [1.165, 1.54) is 4.90 Å². The Morgan fingerprint density at radius 3 is 2.79 bits per heavy atom. The van der Waals surface area contributed by atoms with E-state index in [4.69, 9.17) is 16.3 Å². The summed E-state index contributed by atoms with van der Waals surface area (Å²) in [6, 6.07) is 9.47. The van der Waals surface area contributed by atoms with Crippen molar-refractivity contribution in [3.8, 4) is 0 Å². The molecule has 0 N–H and O–H groups in total. The Hall–Kier alpha value is -1.13. The first-order valence-electron chi connectivity index (χ1n) is 6.39. The molecule has 0 bridgehead atoms. The third-order valence-electron chi connectivity index (χ3n) is 3.16. The van der Waals surface area contributed by atoms with Crippen LogP contribution in [0.2, 0.25) is 0 Å². The minimum atomic E-state index is -2.00. The topological polar surface area (TPSA) is 29.5 Å². The van der Waals surface area contributed by atoms with Gasteiger partial charge in [-0.15, -0.1) is 0 Å². The van der Waals surface area contributed by atoms with Crippen molar-refractivity contribution in [1.82, 2.24) is 4.90 Å². The largest absolute Gasteiger partial charge is 0.376 e. The van der Waals surface area contributed by atoms with Crippen molar-refractivity contribution >= 4 is 17.5 Å². The Labute approximate surface area is 117 Å². The van der Waals surface area contributed by atoms with Crippen LogP contribution in [0, 0.1) is 0 Å². The maximum absolute atomic E-state index is 13.1. The summed E-state index contributed by atoms with van der Waals surface area (Å²) in [5.74, 6) is -0.694. The second-order valence-electron chi connectivity index (χ2n) is 4.64. The third-order valence-corrected chi connectivity index (χ3v) is 3.35. The molecule has 3 nitrogen and oxygen atoms in total. The molecule has 0 aliphatic carbocycles. The Kier molecular flexibility index (Phi) is 5.16. The molecule has 1 fully saturated rings. The van der Waals surface area contributed by atoms with Gasteiger partial charge in [-0.25, -0.2) is 4.39 Å². The summed E-state index contributed by atoms with van der Waals surface area (Å²) in [6.07, 6.45) is 1.87. The first-order chi connectivity index (χ1) is 9.16. The molecule has 1 saturated heterocycles. The Balaban J connectivity index is 2.02. The van der Waals surface area contributed by atoms with Crippen molar-refractivity contribution in [3.05, 3.63) is 35.9 Å². The minimum absolute atomic E-state index is 0.0110. The molecule has 1 aromatic carbocycles. The van der Waals surface area contributed by atoms with E-state index in [2.05, 4.69) is 0 Å². The van der Waals surface area contributed by atoms with Gasteiger partial charge in [0.2, 0.25) is 0 Å². The van der Waals surface area contributed by atoms with E-state index in [-0.39, 0.29) is 6.10 Å².